The Balaban J connectivity index is 2.30. The van der Waals surface area contributed by atoms with Gasteiger partial charge in [0.15, 0.2) is 5.82 Å². The first-order chi connectivity index (χ1) is 10.8. The number of aliphatic imine (C=N–C) groups is 1. The summed E-state index contributed by atoms with van der Waals surface area (Å²) in [4.78, 5) is 12.6. The number of hydrogen-bond donors (Lipinski definition) is 1. The molecule has 2 aromatic rings. The minimum Gasteiger partial charge on any atom is -0.398 e. The van der Waals surface area contributed by atoms with Crippen LogP contribution in [0.2, 0.25) is 0 Å². The van der Waals surface area contributed by atoms with Crippen LogP contribution in [0.3, 0.4) is 0 Å². The molecule has 2 rings (SSSR count). The molecular weight excluding hydrogens is 393 g/mol. The smallest absolute Gasteiger partial charge is 0.398 e. The van der Waals surface area contributed by atoms with E-state index < -0.39 is 11.9 Å². The largest absolute Gasteiger partial charge is 0.433 e. The Hall–Kier alpha value is -1.61. The molecule has 2 N–H and O–H groups in total. The summed E-state index contributed by atoms with van der Waals surface area (Å²) in [5.74, 6) is 1.31. The van der Waals surface area contributed by atoms with E-state index in [0.717, 1.165) is 27.4 Å². The maximum absolute atomic E-state index is 12.6. The first kappa shape index (κ1) is 17.7. The number of rotatable bonds is 4. The molecule has 0 aliphatic carbocycles. The highest BCUT2D eigenvalue weighted by Gasteiger charge is 2.32. The number of thioether (sulfide) groups is 1. The zero-order valence-corrected chi connectivity index (χ0v) is 14.3. The number of nitrogens with two attached hydrogens (primary N) is 1. The van der Waals surface area contributed by atoms with E-state index in [9.17, 15) is 13.2 Å². The SMILES string of the molecule is CCSc1cc(Br)cnc1/N=C/c1cnc(C(F)(F)F)cc1N. The molecule has 0 unspecified atom stereocenters. The highest BCUT2D eigenvalue weighted by atomic mass is 79.9. The summed E-state index contributed by atoms with van der Waals surface area (Å²) in [7, 11) is 0. The quantitative estimate of drug-likeness (QED) is 0.592. The third-order valence-corrected chi connectivity index (χ3v) is 4.02. The molecule has 2 aromatic heterocycles. The average Bonchev–Trinajstić information content (AvgIpc) is 2.47. The molecule has 0 saturated carbocycles. The van der Waals surface area contributed by atoms with Crippen molar-refractivity contribution in [3.05, 3.63) is 40.3 Å². The number of anilines is 1. The van der Waals surface area contributed by atoms with E-state index in [4.69, 9.17) is 5.73 Å². The number of hydrogen-bond acceptors (Lipinski definition) is 5. The summed E-state index contributed by atoms with van der Waals surface area (Å²) in [6.45, 7) is 2.00. The fraction of sp³-hybridized carbons (Fsp3) is 0.214. The number of nitrogens with zero attached hydrogens (tertiary/aromatic N) is 3. The lowest BCUT2D eigenvalue weighted by Crippen LogP contribution is -2.09. The van der Waals surface area contributed by atoms with E-state index in [1.807, 2.05) is 13.0 Å². The summed E-state index contributed by atoms with van der Waals surface area (Å²) in [6.07, 6.45) is -0.520. The van der Waals surface area contributed by atoms with Crippen LogP contribution in [0.15, 0.2) is 38.9 Å². The van der Waals surface area contributed by atoms with Crippen LogP contribution in [-0.4, -0.2) is 21.9 Å². The zero-order valence-electron chi connectivity index (χ0n) is 11.9. The lowest BCUT2D eigenvalue weighted by molar-refractivity contribution is -0.141. The van der Waals surface area contributed by atoms with E-state index >= 15 is 0 Å². The Labute approximate surface area is 143 Å². The predicted molar refractivity (Wildman–Crippen MR) is 89.2 cm³/mol. The summed E-state index contributed by atoms with van der Waals surface area (Å²) in [5, 5.41) is 0. The van der Waals surface area contributed by atoms with Gasteiger partial charge in [0.1, 0.15) is 5.69 Å². The minimum atomic E-state index is -4.53. The lowest BCUT2D eigenvalue weighted by Gasteiger charge is -2.07. The van der Waals surface area contributed by atoms with Crippen molar-refractivity contribution in [2.24, 2.45) is 4.99 Å². The van der Waals surface area contributed by atoms with Gasteiger partial charge in [0.05, 0.1) is 4.90 Å². The third kappa shape index (κ3) is 4.68. The van der Waals surface area contributed by atoms with Crippen molar-refractivity contribution in [2.75, 3.05) is 11.5 Å². The summed E-state index contributed by atoms with van der Waals surface area (Å²) >= 11 is 4.90. The van der Waals surface area contributed by atoms with E-state index in [2.05, 4.69) is 30.9 Å². The molecule has 23 heavy (non-hydrogen) atoms. The highest BCUT2D eigenvalue weighted by Crippen LogP contribution is 2.31. The number of halogens is 4. The molecule has 0 atom stereocenters. The first-order valence-electron chi connectivity index (χ1n) is 6.46. The average molecular weight is 405 g/mol. The van der Waals surface area contributed by atoms with E-state index in [-0.39, 0.29) is 5.69 Å². The highest BCUT2D eigenvalue weighted by molar-refractivity contribution is 9.10. The van der Waals surface area contributed by atoms with Gasteiger partial charge in [0.25, 0.3) is 0 Å². The van der Waals surface area contributed by atoms with Crippen LogP contribution in [0.25, 0.3) is 0 Å². The van der Waals surface area contributed by atoms with Gasteiger partial charge in [-0.25, -0.2) is 9.98 Å². The Bertz CT molecular complexity index is 734. The molecule has 0 radical (unpaired) electrons. The van der Waals surface area contributed by atoms with Gasteiger partial charge in [-0.3, -0.25) is 4.98 Å². The molecule has 9 heteroatoms. The second-order valence-corrected chi connectivity index (χ2v) is 6.58. The molecule has 0 fully saturated rings. The topological polar surface area (TPSA) is 64.2 Å². The van der Waals surface area contributed by atoms with Crippen molar-refractivity contribution in [3.63, 3.8) is 0 Å². The van der Waals surface area contributed by atoms with E-state index in [0.29, 0.717) is 11.4 Å². The summed E-state index contributed by atoms with van der Waals surface area (Å²) in [6, 6.07) is 2.67. The van der Waals surface area contributed by atoms with Crippen molar-refractivity contribution < 1.29 is 13.2 Å². The molecule has 0 amide bonds. The van der Waals surface area contributed by atoms with Crippen LogP contribution in [0.5, 0.6) is 0 Å². The molecule has 0 aliphatic rings. The van der Waals surface area contributed by atoms with Crippen LogP contribution in [0, 0.1) is 0 Å². The monoisotopic (exact) mass is 404 g/mol. The standard InChI is InChI=1S/C14H12BrF3N4S/c1-2-23-11-3-9(15)7-22-13(11)21-6-8-5-20-12(4-10(8)19)14(16,17)18/h3-7H,2H2,1H3,(H2,19,20)/b21-6+. The van der Waals surface area contributed by atoms with E-state index in [1.165, 1.54) is 6.21 Å². The van der Waals surface area contributed by atoms with Gasteiger partial charge in [-0.2, -0.15) is 13.2 Å². The molecule has 0 aromatic carbocycles. The molecule has 0 saturated heterocycles. The van der Waals surface area contributed by atoms with Gasteiger partial charge in [-0.1, -0.05) is 6.92 Å². The fourth-order valence-corrected chi connectivity index (χ4v) is 2.89. The fourth-order valence-electron chi connectivity index (χ4n) is 1.65. The van der Waals surface area contributed by atoms with Gasteiger partial charge in [-0.15, -0.1) is 11.8 Å². The third-order valence-electron chi connectivity index (χ3n) is 2.68. The molecule has 122 valence electrons. The first-order valence-corrected chi connectivity index (χ1v) is 8.24. The normalized spacial score (nSPS) is 12.0. The van der Waals surface area contributed by atoms with Crippen molar-refractivity contribution in [3.8, 4) is 0 Å². The Kier molecular flexibility index (Phi) is 5.64. The van der Waals surface area contributed by atoms with Crippen molar-refractivity contribution in [2.45, 2.75) is 18.0 Å². The molecule has 0 spiro atoms. The van der Waals surface area contributed by atoms with Gasteiger partial charge in [-0.05, 0) is 33.8 Å². The number of aromatic nitrogens is 2. The van der Waals surface area contributed by atoms with E-state index in [1.54, 1.807) is 18.0 Å². The number of pyridine rings is 2. The van der Waals surface area contributed by atoms with Gasteiger partial charge >= 0.3 is 6.18 Å². The van der Waals surface area contributed by atoms with Gasteiger partial charge in [0, 0.05) is 34.3 Å². The lowest BCUT2D eigenvalue weighted by atomic mass is 10.2. The minimum absolute atomic E-state index is 0.0436. The van der Waals surface area contributed by atoms with Crippen LogP contribution in [0.4, 0.5) is 24.7 Å². The van der Waals surface area contributed by atoms with Crippen molar-refractivity contribution >= 4 is 45.4 Å². The number of nitrogen functional groups attached to an aromatic ring is 1. The second-order valence-electron chi connectivity index (χ2n) is 4.36. The second kappa shape index (κ2) is 7.31. The summed E-state index contributed by atoms with van der Waals surface area (Å²) in [5.41, 5.74) is 4.86. The maximum Gasteiger partial charge on any atom is 0.433 e. The molecule has 2 heterocycles. The van der Waals surface area contributed by atoms with Crippen molar-refractivity contribution in [1.82, 2.24) is 9.97 Å². The Morgan fingerprint density at radius 3 is 2.65 bits per heavy atom. The summed E-state index contributed by atoms with van der Waals surface area (Å²) < 4.78 is 38.5. The van der Waals surface area contributed by atoms with Crippen LogP contribution < -0.4 is 5.73 Å². The Morgan fingerprint density at radius 2 is 2.04 bits per heavy atom. The molecule has 0 bridgehead atoms. The van der Waals surface area contributed by atoms with Gasteiger partial charge in [0.2, 0.25) is 0 Å². The van der Waals surface area contributed by atoms with Crippen LogP contribution >= 0.6 is 27.7 Å². The van der Waals surface area contributed by atoms with Crippen molar-refractivity contribution in [1.29, 1.82) is 0 Å². The van der Waals surface area contributed by atoms with Gasteiger partial charge < -0.3 is 5.73 Å². The number of alkyl halides is 3. The predicted octanol–water partition coefficient (Wildman–Crippen LogP) is 4.70. The zero-order chi connectivity index (χ0) is 17.0. The molecule has 4 nitrogen and oxygen atoms in total. The maximum atomic E-state index is 12.6. The molecule has 0 aliphatic heterocycles. The van der Waals surface area contributed by atoms with Crippen LogP contribution in [-0.2, 0) is 6.18 Å². The Morgan fingerprint density at radius 1 is 1.30 bits per heavy atom. The van der Waals surface area contributed by atoms with Crippen LogP contribution in [0.1, 0.15) is 18.2 Å². The molecular formula is C14H12BrF3N4S.